The van der Waals surface area contributed by atoms with E-state index in [2.05, 4.69) is 5.10 Å². The van der Waals surface area contributed by atoms with Gasteiger partial charge in [0.15, 0.2) is 5.78 Å². The normalized spacial score (nSPS) is 10.5. The number of hydrogen-bond donors (Lipinski definition) is 0. The maximum atomic E-state index is 12.1. The second kappa shape index (κ2) is 4.72. The second-order valence-corrected chi connectivity index (χ2v) is 4.41. The van der Waals surface area contributed by atoms with E-state index in [1.54, 1.807) is 10.9 Å². The van der Waals surface area contributed by atoms with Crippen LogP contribution in [0.5, 0.6) is 0 Å². The quantitative estimate of drug-likeness (QED) is 0.783. The van der Waals surface area contributed by atoms with Crippen LogP contribution in [-0.4, -0.2) is 15.6 Å². The molecule has 0 aliphatic rings. The Hall–Kier alpha value is -1.61. The fourth-order valence-corrected chi connectivity index (χ4v) is 1.84. The van der Waals surface area contributed by atoms with E-state index in [0.717, 1.165) is 16.8 Å². The Kier molecular flexibility index (Phi) is 3.29. The summed E-state index contributed by atoms with van der Waals surface area (Å²) < 4.78 is 1.58. The minimum Gasteiger partial charge on any atom is -0.292 e. The number of hydrogen-bond acceptors (Lipinski definition) is 2. The molecule has 0 saturated heterocycles. The maximum Gasteiger partial charge on any atom is 0.184 e. The van der Waals surface area contributed by atoms with Gasteiger partial charge in [0.1, 0.15) is 6.54 Å². The van der Waals surface area contributed by atoms with Crippen molar-refractivity contribution in [2.24, 2.45) is 0 Å². The largest absolute Gasteiger partial charge is 0.292 e. The summed E-state index contributed by atoms with van der Waals surface area (Å²) in [5.41, 5.74) is 2.45. The Morgan fingerprint density at radius 2 is 2.06 bits per heavy atom. The van der Waals surface area contributed by atoms with Crippen LogP contribution in [0.1, 0.15) is 21.6 Å². The predicted octanol–water partition coefficient (Wildman–Crippen LogP) is 3.04. The van der Waals surface area contributed by atoms with Crippen LogP contribution in [0.4, 0.5) is 0 Å². The predicted molar refractivity (Wildman–Crippen MR) is 67.5 cm³/mol. The summed E-state index contributed by atoms with van der Waals surface area (Å²) >= 11 is 5.90. The number of rotatable bonds is 3. The third kappa shape index (κ3) is 2.56. The third-order valence-corrected chi connectivity index (χ3v) is 3.01. The van der Waals surface area contributed by atoms with Crippen molar-refractivity contribution in [2.75, 3.05) is 0 Å². The van der Waals surface area contributed by atoms with Crippen LogP contribution >= 0.6 is 11.6 Å². The summed E-state index contributed by atoms with van der Waals surface area (Å²) in [4.78, 5) is 12.1. The monoisotopic (exact) mass is 248 g/mol. The van der Waals surface area contributed by atoms with E-state index in [1.807, 2.05) is 38.1 Å². The molecule has 0 N–H and O–H groups in total. The second-order valence-electron chi connectivity index (χ2n) is 4.00. The molecule has 17 heavy (non-hydrogen) atoms. The summed E-state index contributed by atoms with van der Waals surface area (Å²) in [6.45, 7) is 3.96. The van der Waals surface area contributed by atoms with Crippen molar-refractivity contribution >= 4 is 17.4 Å². The molecule has 0 atom stereocenters. The fraction of sp³-hybridized carbons (Fsp3) is 0.231. The number of nitrogens with zero attached hydrogens (tertiary/aromatic N) is 2. The Labute approximate surface area is 105 Å². The summed E-state index contributed by atoms with van der Waals surface area (Å²) in [5, 5.41) is 4.75. The van der Waals surface area contributed by atoms with E-state index < -0.39 is 0 Å². The van der Waals surface area contributed by atoms with E-state index in [-0.39, 0.29) is 12.3 Å². The van der Waals surface area contributed by atoms with Crippen LogP contribution in [0.15, 0.2) is 30.5 Å². The molecule has 1 aromatic carbocycles. The Morgan fingerprint density at radius 1 is 1.35 bits per heavy atom. The molecule has 0 spiro atoms. The summed E-state index contributed by atoms with van der Waals surface area (Å²) in [6, 6.07) is 7.53. The standard InChI is InChI=1S/C13H13ClN2O/c1-9-5-3-4-6-11(9)13(17)8-16-7-12(14)10(2)15-16/h3-7H,8H2,1-2H3. The first kappa shape index (κ1) is 11.9. The zero-order valence-electron chi connectivity index (χ0n) is 9.77. The highest BCUT2D eigenvalue weighted by Gasteiger charge is 2.10. The van der Waals surface area contributed by atoms with Gasteiger partial charge in [-0.3, -0.25) is 9.48 Å². The number of aryl methyl sites for hydroxylation is 2. The lowest BCUT2D eigenvalue weighted by Crippen LogP contribution is -2.12. The molecule has 3 nitrogen and oxygen atoms in total. The van der Waals surface area contributed by atoms with E-state index in [1.165, 1.54) is 0 Å². The SMILES string of the molecule is Cc1ccccc1C(=O)Cn1cc(Cl)c(C)n1. The number of ketones is 1. The third-order valence-electron chi connectivity index (χ3n) is 2.64. The van der Waals surface area contributed by atoms with Gasteiger partial charge in [0.05, 0.1) is 10.7 Å². The van der Waals surface area contributed by atoms with Crippen molar-refractivity contribution in [3.63, 3.8) is 0 Å². The van der Waals surface area contributed by atoms with Crippen molar-refractivity contribution in [3.8, 4) is 0 Å². The molecule has 0 amide bonds. The van der Waals surface area contributed by atoms with Crippen molar-refractivity contribution < 1.29 is 4.79 Å². The van der Waals surface area contributed by atoms with Gasteiger partial charge in [0, 0.05) is 11.8 Å². The van der Waals surface area contributed by atoms with Gasteiger partial charge in [-0.05, 0) is 19.4 Å². The smallest absolute Gasteiger partial charge is 0.184 e. The first-order valence-electron chi connectivity index (χ1n) is 5.36. The van der Waals surface area contributed by atoms with Crippen LogP contribution < -0.4 is 0 Å². The molecule has 88 valence electrons. The number of carbonyl (C=O) groups excluding carboxylic acids is 1. The molecule has 1 heterocycles. The molecule has 4 heteroatoms. The highest BCUT2D eigenvalue weighted by Crippen LogP contribution is 2.13. The topological polar surface area (TPSA) is 34.9 Å². The van der Waals surface area contributed by atoms with Gasteiger partial charge in [-0.1, -0.05) is 35.9 Å². The van der Waals surface area contributed by atoms with Crippen LogP contribution in [0.2, 0.25) is 5.02 Å². The molecular weight excluding hydrogens is 236 g/mol. The lowest BCUT2D eigenvalue weighted by molar-refractivity contribution is 0.0967. The van der Waals surface area contributed by atoms with Crippen molar-refractivity contribution in [1.82, 2.24) is 9.78 Å². The van der Waals surface area contributed by atoms with Crippen molar-refractivity contribution in [1.29, 1.82) is 0 Å². The molecular formula is C13H13ClN2O. The van der Waals surface area contributed by atoms with Gasteiger partial charge in [-0.25, -0.2) is 0 Å². The van der Waals surface area contributed by atoms with Crippen LogP contribution in [0.3, 0.4) is 0 Å². The fourth-order valence-electron chi connectivity index (χ4n) is 1.69. The zero-order valence-corrected chi connectivity index (χ0v) is 10.5. The first-order chi connectivity index (χ1) is 8.08. The number of benzene rings is 1. The lowest BCUT2D eigenvalue weighted by Gasteiger charge is -2.04. The number of Topliss-reactive ketones (excluding diaryl/α,β-unsaturated/α-hetero) is 1. The van der Waals surface area contributed by atoms with Gasteiger partial charge in [-0.2, -0.15) is 5.10 Å². The van der Waals surface area contributed by atoms with Gasteiger partial charge < -0.3 is 0 Å². The molecule has 2 rings (SSSR count). The van der Waals surface area contributed by atoms with Gasteiger partial charge in [0.2, 0.25) is 0 Å². The zero-order chi connectivity index (χ0) is 12.4. The van der Waals surface area contributed by atoms with Crippen molar-refractivity contribution in [3.05, 3.63) is 52.3 Å². The van der Waals surface area contributed by atoms with Gasteiger partial charge >= 0.3 is 0 Å². The van der Waals surface area contributed by atoms with Gasteiger partial charge in [-0.15, -0.1) is 0 Å². The minimum atomic E-state index is 0.0438. The highest BCUT2D eigenvalue weighted by molar-refractivity contribution is 6.31. The molecule has 1 aromatic heterocycles. The van der Waals surface area contributed by atoms with Crippen LogP contribution in [0.25, 0.3) is 0 Å². The molecule has 0 unspecified atom stereocenters. The Morgan fingerprint density at radius 3 is 2.65 bits per heavy atom. The Balaban J connectivity index is 2.20. The van der Waals surface area contributed by atoms with Gasteiger partial charge in [0.25, 0.3) is 0 Å². The van der Waals surface area contributed by atoms with Crippen molar-refractivity contribution in [2.45, 2.75) is 20.4 Å². The summed E-state index contributed by atoms with van der Waals surface area (Å²) in [7, 11) is 0. The number of halogens is 1. The average Bonchev–Trinajstić information content (AvgIpc) is 2.58. The lowest BCUT2D eigenvalue weighted by atomic mass is 10.1. The number of carbonyl (C=O) groups is 1. The van der Waals surface area contributed by atoms with E-state index in [0.29, 0.717) is 5.02 Å². The minimum absolute atomic E-state index is 0.0438. The molecule has 0 aliphatic heterocycles. The van der Waals surface area contributed by atoms with E-state index in [4.69, 9.17) is 11.6 Å². The summed E-state index contributed by atoms with van der Waals surface area (Å²) in [5.74, 6) is 0.0438. The molecule has 0 fully saturated rings. The Bertz CT molecular complexity index is 541. The molecule has 0 saturated carbocycles. The van der Waals surface area contributed by atoms with E-state index in [9.17, 15) is 4.79 Å². The maximum absolute atomic E-state index is 12.1. The molecule has 0 radical (unpaired) electrons. The van der Waals surface area contributed by atoms with Crippen LogP contribution in [-0.2, 0) is 6.54 Å². The molecule has 2 aromatic rings. The molecule has 0 aliphatic carbocycles. The number of aromatic nitrogens is 2. The summed E-state index contributed by atoms with van der Waals surface area (Å²) in [6.07, 6.45) is 1.67. The molecule has 0 bridgehead atoms. The van der Waals surface area contributed by atoms with E-state index >= 15 is 0 Å². The highest BCUT2D eigenvalue weighted by atomic mass is 35.5. The average molecular weight is 249 g/mol. The first-order valence-corrected chi connectivity index (χ1v) is 5.74. The van der Waals surface area contributed by atoms with Crippen LogP contribution in [0, 0.1) is 13.8 Å².